The van der Waals surface area contributed by atoms with Crippen molar-refractivity contribution in [2.75, 3.05) is 24.7 Å². The van der Waals surface area contributed by atoms with Crippen LogP contribution in [0, 0.1) is 13.8 Å². The summed E-state index contributed by atoms with van der Waals surface area (Å²) in [6, 6.07) is 12.5. The molecule has 1 saturated heterocycles. The van der Waals surface area contributed by atoms with Gasteiger partial charge in [-0.15, -0.1) is 0 Å². The highest BCUT2D eigenvalue weighted by molar-refractivity contribution is 7.90. The molecule has 4 aromatic heterocycles. The molecule has 6 rings (SSSR count). The molecule has 0 spiro atoms. The van der Waals surface area contributed by atoms with Crippen molar-refractivity contribution in [3.05, 3.63) is 72.4 Å². The highest BCUT2D eigenvalue weighted by atomic mass is 32.2. The lowest BCUT2D eigenvalue weighted by molar-refractivity contribution is 0.0985. The van der Waals surface area contributed by atoms with E-state index >= 15 is 0 Å². The first-order chi connectivity index (χ1) is 18.7. The van der Waals surface area contributed by atoms with Gasteiger partial charge in [-0.25, -0.2) is 32.3 Å². The predicted octanol–water partition coefficient (Wildman–Crippen LogP) is 3.97. The number of morpholine rings is 1. The number of pyridine rings is 1. The number of aryl methyl sites for hydroxylation is 3. The number of nitrogens with zero attached hydrogens (tertiary/aromatic N) is 7. The highest BCUT2D eigenvalue weighted by Crippen LogP contribution is 2.33. The summed E-state index contributed by atoms with van der Waals surface area (Å²) >= 11 is 0. The van der Waals surface area contributed by atoms with Crippen LogP contribution in [0.3, 0.4) is 0 Å². The molecule has 5 heterocycles. The normalized spacial score (nSPS) is 16.2. The topological polar surface area (TPSA) is 108 Å². The van der Waals surface area contributed by atoms with E-state index in [1.54, 1.807) is 42.9 Å². The lowest BCUT2D eigenvalue weighted by Gasteiger charge is -2.34. The molecule has 39 heavy (non-hydrogen) atoms. The molecular weight excluding hydrogens is 514 g/mol. The summed E-state index contributed by atoms with van der Waals surface area (Å²) < 4.78 is 35.8. The van der Waals surface area contributed by atoms with Crippen LogP contribution in [-0.2, 0) is 21.8 Å². The Hall–Kier alpha value is -4.09. The van der Waals surface area contributed by atoms with Crippen molar-refractivity contribution in [1.29, 1.82) is 0 Å². The highest BCUT2D eigenvalue weighted by Gasteiger charge is 2.25. The van der Waals surface area contributed by atoms with E-state index in [0.29, 0.717) is 42.2 Å². The molecule has 0 unspecified atom stereocenters. The number of rotatable bonds is 5. The van der Waals surface area contributed by atoms with E-state index in [1.165, 1.54) is 10.2 Å². The zero-order valence-electron chi connectivity index (χ0n) is 22.2. The summed E-state index contributed by atoms with van der Waals surface area (Å²) in [6.45, 7) is 7.91. The van der Waals surface area contributed by atoms with E-state index in [1.807, 2.05) is 37.6 Å². The molecule has 1 fully saturated rings. The number of hydrogen-bond donors (Lipinski definition) is 0. The third-order valence-electron chi connectivity index (χ3n) is 7.11. The maximum atomic E-state index is 13.5. The lowest BCUT2D eigenvalue weighted by atomic mass is 10.1. The Morgan fingerprint density at radius 2 is 1.82 bits per heavy atom. The zero-order chi connectivity index (χ0) is 27.3. The Kier molecular flexibility index (Phi) is 6.19. The van der Waals surface area contributed by atoms with E-state index in [9.17, 15) is 8.42 Å². The molecule has 1 aliphatic rings. The van der Waals surface area contributed by atoms with Crippen LogP contribution in [0.15, 0.2) is 66.1 Å². The van der Waals surface area contributed by atoms with E-state index in [4.69, 9.17) is 14.7 Å². The molecule has 0 N–H and O–H groups in total. The standard InChI is InChI=1S/C28H29N7O3S/c1-18-5-7-21(8-6-18)39(36,37)35-12-10-23-22(9-11-29-28(23)35)27-31-24(26-20(3)30-17-33(26)4)15-25(32-27)34-13-14-38-16-19(34)2/h5-12,15,17,19H,13-14,16H2,1-4H3/t19-/m1/s1. The van der Waals surface area contributed by atoms with Gasteiger partial charge < -0.3 is 14.2 Å². The van der Waals surface area contributed by atoms with Gasteiger partial charge in [0, 0.05) is 43.0 Å². The molecule has 0 aliphatic carbocycles. The Balaban J connectivity index is 1.53. The summed E-state index contributed by atoms with van der Waals surface area (Å²) in [5.41, 5.74) is 4.49. The number of imidazole rings is 1. The Morgan fingerprint density at radius 3 is 2.54 bits per heavy atom. The monoisotopic (exact) mass is 543 g/mol. The summed E-state index contributed by atoms with van der Waals surface area (Å²) in [6.07, 6.45) is 4.90. The van der Waals surface area contributed by atoms with Crippen LogP contribution in [0.2, 0.25) is 0 Å². The van der Waals surface area contributed by atoms with Crippen LogP contribution in [0.1, 0.15) is 18.2 Å². The van der Waals surface area contributed by atoms with Crippen molar-refractivity contribution in [3.63, 3.8) is 0 Å². The molecular formula is C28H29N7O3S. The number of fused-ring (bicyclic) bond motifs is 1. The number of anilines is 1. The second-order valence-electron chi connectivity index (χ2n) is 9.87. The van der Waals surface area contributed by atoms with Crippen molar-refractivity contribution in [3.8, 4) is 22.8 Å². The molecule has 1 aliphatic heterocycles. The van der Waals surface area contributed by atoms with Gasteiger partial charge in [-0.2, -0.15) is 0 Å². The molecule has 1 atom stereocenters. The maximum Gasteiger partial charge on any atom is 0.269 e. The van der Waals surface area contributed by atoms with Crippen LogP contribution in [0.25, 0.3) is 33.8 Å². The predicted molar refractivity (Wildman–Crippen MR) is 149 cm³/mol. The van der Waals surface area contributed by atoms with Crippen molar-refractivity contribution >= 4 is 26.9 Å². The quantitative estimate of drug-likeness (QED) is 0.328. The van der Waals surface area contributed by atoms with Crippen molar-refractivity contribution in [2.45, 2.75) is 31.7 Å². The molecule has 11 heteroatoms. The van der Waals surface area contributed by atoms with Gasteiger partial charge in [0.2, 0.25) is 0 Å². The smallest absolute Gasteiger partial charge is 0.269 e. The molecule has 0 bridgehead atoms. The third-order valence-corrected chi connectivity index (χ3v) is 8.79. The lowest BCUT2D eigenvalue weighted by Crippen LogP contribution is -2.44. The van der Waals surface area contributed by atoms with E-state index in [2.05, 4.69) is 21.8 Å². The van der Waals surface area contributed by atoms with Crippen LogP contribution in [0.5, 0.6) is 0 Å². The van der Waals surface area contributed by atoms with E-state index in [0.717, 1.165) is 28.5 Å². The van der Waals surface area contributed by atoms with Crippen LogP contribution in [-0.4, -0.2) is 62.7 Å². The Labute approximate surface area is 227 Å². The average molecular weight is 544 g/mol. The van der Waals surface area contributed by atoms with Gasteiger partial charge in [-0.1, -0.05) is 17.7 Å². The zero-order valence-corrected chi connectivity index (χ0v) is 23.1. The van der Waals surface area contributed by atoms with E-state index in [-0.39, 0.29) is 10.9 Å². The Morgan fingerprint density at radius 1 is 1.03 bits per heavy atom. The number of aromatic nitrogens is 6. The summed E-state index contributed by atoms with van der Waals surface area (Å²) in [5, 5.41) is 0.646. The second-order valence-corrected chi connectivity index (χ2v) is 11.7. The summed E-state index contributed by atoms with van der Waals surface area (Å²) in [4.78, 5) is 21.3. The molecule has 1 aromatic carbocycles. The first-order valence-corrected chi connectivity index (χ1v) is 14.2. The number of hydrogen-bond acceptors (Lipinski definition) is 8. The van der Waals surface area contributed by atoms with Gasteiger partial charge >= 0.3 is 0 Å². The maximum absolute atomic E-state index is 13.5. The summed E-state index contributed by atoms with van der Waals surface area (Å²) in [5.74, 6) is 1.27. The van der Waals surface area contributed by atoms with E-state index < -0.39 is 10.0 Å². The molecule has 10 nitrogen and oxygen atoms in total. The molecule has 5 aromatic rings. The minimum Gasteiger partial charge on any atom is -0.377 e. The SMILES string of the molecule is Cc1ccc(S(=O)(=O)n2ccc3c(-c4nc(-c5c(C)ncn5C)cc(N5CCOC[C@H]5C)n4)ccnc32)cc1. The molecule has 0 amide bonds. The van der Waals surface area contributed by atoms with Gasteiger partial charge in [0.25, 0.3) is 10.0 Å². The average Bonchev–Trinajstić information content (AvgIpc) is 3.52. The third kappa shape index (κ3) is 4.37. The molecule has 0 radical (unpaired) electrons. The van der Waals surface area contributed by atoms with Crippen LogP contribution in [0.4, 0.5) is 5.82 Å². The van der Waals surface area contributed by atoms with Crippen molar-refractivity contribution in [2.24, 2.45) is 7.05 Å². The van der Waals surface area contributed by atoms with Gasteiger partial charge in [0.05, 0.1) is 47.6 Å². The van der Waals surface area contributed by atoms with Crippen LogP contribution < -0.4 is 4.90 Å². The number of ether oxygens (including phenoxy) is 1. The van der Waals surface area contributed by atoms with Gasteiger partial charge in [-0.3, -0.25) is 0 Å². The van der Waals surface area contributed by atoms with Crippen LogP contribution >= 0.6 is 0 Å². The molecule has 200 valence electrons. The van der Waals surface area contributed by atoms with Crippen molar-refractivity contribution in [1.82, 2.24) is 28.5 Å². The minimum absolute atomic E-state index is 0.139. The fourth-order valence-corrected chi connectivity index (χ4v) is 6.33. The fourth-order valence-electron chi connectivity index (χ4n) is 5.03. The van der Waals surface area contributed by atoms with Gasteiger partial charge in [-0.05, 0) is 45.0 Å². The first-order valence-electron chi connectivity index (χ1n) is 12.7. The summed E-state index contributed by atoms with van der Waals surface area (Å²) in [7, 11) is -1.91. The number of benzene rings is 1. The fraction of sp³-hybridized carbons (Fsp3) is 0.286. The minimum atomic E-state index is -3.85. The van der Waals surface area contributed by atoms with Gasteiger partial charge in [0.15, 0.2) is 11.5 Å². The van der Waals surface area contributed by atoms with Crippen molar-refractivity contribution < 1.29 is 13.2 Å². The van der Waals surface area contributed by atoms with Gasteiger partial charge in [0.1, 0.15) is 5.82 Å². The largest absolute Gasteiger partial charge is 0.377 e. The first kappa shape index (κ1) is 25.2. The second kappa shape index (κ2) is 9.58. The Bertz CT molecular complexity index is 1770. The molecule has 0 saturated carbocycles.